The van der Waals surface area contributed by atoms with Gasteiger partial charge in [0.2, 0.25) is 11.7 Å². The highest BCUT2D eigenvalue weighted by molar-refractivity contribution is 6.25. The molecule has 2 aromatic rings. The zero-order chi connectivity index (χ0) is 33.1. The number of aliphatic hydroxyl groups excluding tert-OH is 2. The summed E-state index contributed by atoms with van der Waals surface area (Å²) >= 11 is 0. The largest absolute Gasteiger partial charge is 0.510 e. The first-order chi connectivity index (χ1) is 21.8. The maximum absolute atomic E-state index is 14.0. The van der Waals surface area contributed by atoms with Gasteiger partial charge in [0.05, 0.1) is 18.2 Å². The Hall–Kier alpha value is -4.52. The van der Waals surface area contributed by atoms with Crippen molar-refractivity contribution < 1.29 is 39.6 Å². The van der Waals surface area contributed by atoms with Crippen LogP contribution in [0.15, 0.2) is 59.1 Å². The number of piperidine rings is 1. The summed E-state index contributed by atoms with van der Waals surface area (Å²) in [7, 11) is 3.17. The van der Waals surface area contributed by atoms with Gasteiger partial charge in [0.1, 0.15) is 22.8 Å². The molecule has 0 radical (unpaired) electrons. The van der Waals surface area contributed by atoms with E-state index in [4.69, 9.17) is 5.73 Å². The molecule has 3 aliphatic carbocycles. The molecule has 46 heavy (non-hydrogen) atoms. The first-order valence-corrected chi connectivity index (χ1v) is 15.5. The lowest BCUT2D eigenvalue weighted by Crippen LogP contribution is -2.63. The maximum atomic E-state index is 14.0. The third kappa shape index (κ3) is 4.97. The molecule has 7 N–H and O–H groups in total. The zero-order valence-corrected chi connectivity index (χ0v) is 25.7. The maximum Gasteiger partial charge on any atom is 0.255 e. The van der Waals surface area contributed by atoms with Gasteiger partial charge in [-0.1, -0.05) is 24.6 Å². The number of benzene rings is 2. The van der Waals surface area contributed by atoms with Crippen molar-refractivity contribution in [2.45, 2.75) is 43.7 Å². The second-order valence-corrected chi connectivity index (χ2v) is 12.9. The van der Waals surface area contributed by atoms with E-state index in [0.717, 1.165) is 31.5 Å². The Labute approximate surface area is 265 Å². The summed E-state index contributed by atoms with van der Waals surface area (Å²) in [5, 5.41) is 48.0. The molecular formula is C34H38N4O8. The monoisotopic (exact) mass is 630 g/mol. The lowest BCUT2D eigenvalue weighted by molar-refractivity contribution is -0.148. The molecule has 12 nitrogen and oxygen atoms in total. The summed E-state index contributed by atoms with van der Waals surface area (Å²) in [5.41, 5.74) is 4.14. The van der Waals surface area contributed by atoms with E-state index in [0.29, 0.717) is 23.4 Å². The zero-order valence-electron chi connectivity index (χ0n) is 25.7. The lowest BCUT2D eigenvalue weighted by atomic mass is 9.58. The number of carbonyl (C=O) groups excluding carboxylic acids is 4. The normalized spacial score (nSPS) is 26.5. The van der Waals surface area contributed by atoms with E-state index >= 15 is 0 Å². The number of nitrogens with one attached hydrogen (secondary N) is 1. The highest BCUT2D eigenvalue weighted by Gasteiger charge is 2.63. The summed E-state index contributed by atoms with van der Waals surface area (Å²) in [4.78, 5) is 55.9. The number of likely N-dealkylation sites (N-methyl/N-ethyl adjacent to an activating group) is 1. The summed E-state index contributed by atoms with van der Waals surface area (Å²) in [6.07, 6.45) is 3.54. The van der Waals surface area contributed by atoms with Crippen LogP contribution in [0, 0.1) is 11.8 Å². The van der Waals surface area contributed by atoms with Gasteiger partial charge < -0.3 is 31.5 Å². The Morgan fingerprint density at radius 3 is 2.33 bits per heavy atom. The number of nitrogens with zero attached hydrogens (tertiary/aromatic N) is 2. The standard InChI is InChI=1S/C34H38N4O8/c1-37(2)28-22-15-18-14-21-20(17-6-8-19(9-7-17)36-24(40)16-38-12-4-3-5-13-38)10-11-23(39)26(21)29(41)25(18)31(43)34(22,46)32(44)27(30(28)42)33(35)45/h6-11,18,22,28,39,42-43,46H,3-5,12-16H2,1-2H3,(H2,35,45)(H,36,40)/t18-,22-,28-,34-/m0/s1. The van der Waals surface area contributed by atoms with Gasteiger partial charge in [-0.3, -0.25) is 29.0 Å². The number of hydrogen-bond acceptors (Lipinski definition) is 10. The van der Waals surface area contributed by atoms with Crippen LogP contribution < -0.4 is 11.1 Å². The smallest absolute Gasteiger partial charge is 0.255 e. The Morgan fingerprint density at radius 1 is 1.02 bits per heavy atom. The Balaban J connectivity index is 1.34. The quantitative estimate of drug-likeness (QED) is 0.258. The number of allylic oxidation sites excluding steroid dienone is 1. The molecule has 1 heterocycles. The summed E-state index contributed by atoms with van der Waals surface area (Å²) in [6.45, 7) is 2.14. The number of aliphatic hydroxyl groups is 3. The minimum atomic E-state index is -2.69. The molecule has 2 amide bonds. The van der Waals surface area contributed by atoms with E-state index in [9.17, 15) is 39.6 Å². The average molecular weight is 631 g/mol. The molecule has 2 aromatic carbocycles. The van der Waals surface area contributed by atoms with Crippen LogP contribution in [0.3, 0.4) is 0 Å². The molecule has 6 rings (SSSR count). The van der Waals surface area contributed by atoms with Gasteiger partial charge in [-0.15, -0.1) is 0 Å². The number of rotatable bonds is 6. The third-order valence-corrected chi connectivity index (χ3v) is 9.90. The van der Waals surface area contributed by atoms with Crippen molar-refractivity contribution in [3.8, 4) is 16.9 Å². The second-order valence-electron chi connectivity index (χ2n) is 12.9. The molecule has 1 aliphatic heterocycles. The first-order valence-electron chi connectivity index (χ1n) is 15.5. The highest BCUT2D eigenvalue weighted by Crippen LogP contribution is 2.53. The molecule has 0 unspecified atom stereocenters. The third-order valence-electron chi connectivity index (χ3n) is 9.90. The van der Waals surface area contributed by atoms with Crippen LogP contribution in [-0.4, -0.2) is 99.0 Å². The van der Waals surface area contributed by atoms with E-state index in [1.165, 1.54) is 17.4 Å². The number of likely N-dealkylation sites (tertiary alicyclic amines) is 1. The molecule has 1 saturated heterocycles. The van der Waals surface area contributed by atoms with Gasteiger partial charge >= 0.3 is 0 Å². The molecule has 242 valence electrons. The number of primary amides is 1. The van der Waals surface area contributed by atoms with Crippen molar-refractivity contribution in [3.05, 3.63) is 70.2 Å². The van der Waals surface area contributed by atoms with Crippen LogP contribution >= 0.6 is 0 Å². The van der Waals surface area contributed by atoms with E-state index in [-0.39, 0.29) is 35.6 Å². The number of phenols is 1. The van der Waals surface area contributed by atoms with Gasteiger partial charge in [-0.2, -0.15) is 0 Å². The summed E-state index contributed by atoms with van der Waals surface area (Å²) in [6, 6.07) is 9.17. The van der Waals surface area contributed by atoms with Gasteiger partial charge in [0.15, 0.2) is 11.4 Å². The molecule has 4 aliphatic rings. The van der Waals surface area contributed by atoms with Gasteiger partial charge in [-0.25, -0.2) is 0 Å². The number of hydrogen-bond donors (Lipinski definition) is 6. The molecule has 0 spiro atoms. The molecule has 4 atom stereocenters. The Morgan fingerprint density at radius 2 is 1.70 bits per heavy atom. The van der Waals surface area contributed by atoms with Crippen LogP contribution in [0.1, 0.15) is 41.6 Å². The second kappa shape index (κ2) is 11.7. The topological polar surface area (TPSA) is 194 Å². The van der Waals surface area contributed by atoms with Crippen molar-refractivity contribution in [3.63, 3.8) is 0 Å². The fraction of sp³-hybridized carbons (Fsp3) is 0.412. The minimum Gasteiger partial charge on any atom is -0.510 e. The van der Waals surface area contributed by atoms with Crippen LogP contribution in [-0.2, 0) is 20.8 Å². The van der Waals surface area contributed by atoms with E-state index in [1.807, 2.05) is 12.1 Å². The number of fused-ring (bicyclic) bond motifs is 3. The Bertz CT molecular complexity index is 1710. The summed E-state index contributed by atoms with van der Waals surface area (Å²) < 4.78 is 0. The van der Waals surface area contributed by atoms with Gasteiger partial charge in [0, 0.05) is 17.2 Å². The first kappa shape index (κ1) is 31.5. The van der Waals surface area contributed by atoms with Crippen molar-refractivity contribution >= 4 is 29.1 Å². The van der Waals surface area contributed by atoms with Gasteiger partial charge in [0.25, 0.3) is 5.91 Å². The highest BCUT2D eigenvalue weighted by atomic mass is 16.3. The Kier molecular flexibility index (Phi) is 7.99. The van der Waals surface area contributed by atoms with E-state index in [1.54, 1.807) is 32.3 Å². The van der Waals surface area contributed by atoms with Crippen molar-refractivity contribution in [1.82, 2.24) is 9.80 Å². The van der Waals surface area contributed by atoms with Crippen molar-refractivity contribution in [1.29, 1.82) is 0 Å². The van der Waals surface area contributed by atoms with Gasteiger partial charge in [-0.05, 0) is 93.7 Å². The number of carbonyl (C=O) groups is 4. The van der Waals surface area contributed by atoms with Crippen molar-refractivity contribution in [2.24, 2.45) is 17.6 Å². The SMILES string of the molecule is CN(C)[C@@H]1C(O)=C(C(N)=O)C(=O)[C@@]2(O)C(O)=C3C(=O)c4c(O)ccc(-c5ccc(NC(=O)CN6CCCCC6)cc5)c4C[C@H]3C[C@@H]12. The van der Waals surface area contributed by atoms with Crippen LogP contribution in [0.2, 0.25) is 0 Å². The fourth-order valence-electron chi connectivity index (χ4n) is 7.78. The number of ketones is 2. The number of aromatic hydroxyl groups is 1. The van der Waals surface area contributed by atoms with E-state index in [2.05, 4.69) is 10.2 Å². The predicted octanol–water partition coefficient (Wildman–Crippen LogP) is 2.21. The molecule has 12 heteroatoms. The number of amides is 2. The minimum absolute atomic E-state index is 0.00282. The van der Waals surface area contributed by atoms with Crippen LogP contribution in [0.4, 0.5) is 5.69 Å². The molecule has 0 aromatic heterocycles. The van der Waals surface area contributed by atoms with Crippen molar-refractivity contribution in [2.75, 3.05) is 39.0 Å². The average Bonchev–Trinajstić information content (AvgIpc) is 3.00. The van der Waals surface area contributed by atoms with E-state index < -0.39 is 58.0 Å². The van der Waals surface area contributed by atoms with Crippen LogP contribution in [0.5, 0.6) is 5.75 Å². The number of Topliss-reactive ketones (excluding diaryl/α,β-unsaturated/α-hetero) is 2. The lowest BCUT2D eigenvalue weighted by Gasteiger charge is -2.50. The number of phenolic OH excluding ortho intramolecular Hbond substituents is 1. The molecule has 1 fully saturated rings. The fourth-order valence-corrected chi connectivity index (χ4v) is 7.78. The van der Waals surface area contributed by atoms with Crippen LogP contribution in [0.25, 0.3) is 11.1 Å². The number of anilines is 1. The summed E-state index contributed by atoms with van der Waals surface area (Å²) in [5.74, 6) is -7.01. The molecular weight excluding hydrogens is 592 g/mol. The molecule has 0 saturated carbocycles. The number of nitrogens with two attached hydrogens (primary N) is 1. The predicted molar refractivity (Wildman–Crippen MR) is 168 cm³/mol. The molecule has 0 bridgehead atoms.